The Morgan fingerprint density at radius 2 is 1.36 bits per heavy atom. The Kier molecular flexibility index (Phi) is 6.94. The molecule has 0 aromatic carbocycles. The average Bonchev–Trinajstić information content (AvgIpc) is 1.82. The maximum atomic E-state index is 10.6. The van der Waals surface area contributed by atoms with Gasteiger partial charge in [0.2, 0.25) is 0 Å². The minimum atomic E-state index is -5.31. The summed E-state index contributed by atoms with van der Waals surface area (Å²) in [7, 11) is -10.6. The van der Waals surface area contributed by atoms with Crippen LogP contribution in [0.5, 0.6) is 0 Å². The first-order valence-corrected chi connectivity index (χ1v) is 6.32. The van der Waals surface area contributed by atoms with Gasteiger partial charge in [0, 0.05) is 6.42 Å². The molecule has 0 radical (unpaired) electrons. The average molecular weight is 258 g/mol. The molecule has 8 nitrogen and oxygen atoms in total. The molecule has 0 saturated carbocycles. The van der Waals surface area contributed by atoms with Crippen LogP contribution in [0.2, 0.25) is 0 Å². The van der Waals surface area contributed by atoms with Crippen molar-refractivity contribution in [1.82, 2.24) is 0 Å². The molecule has 0 atom stereocenters. The molecule has 0 heterocycles. The van der Waals surface area contributed by atoms with Gasteiger partial charge in [-0.2, -0.15) is 0 Å². The van der Waals surface area contributed by atoms with Crippen molar-refractivity contribution >= 4 is 15.2 Å². The molecule has 0 aromatic heterocycles. The number of hydrogen-bond donors (Lipinski definition) is 6. The summed E-state index contributed by atoms with van der Waals surface area (Å²) < 4.78 is 21.2. The minimum Gasteiger partial charge on any atom is -0.367 e. The second-order valence-electron chi connectivity index (χ2n) is 2.40. The second-order valence-corrected chi connectivity index (χ2v) is 6.41. The molecule has 80 valence electrons. The molecular formula is C3H11NNaO7P2+. The number of hydrogen-bond acceptors (Lipinski definition) is 4. The third-order valence-corrected chi connectivity index (χ3v) is 5.29. The first-order chi connectivity index (χ1) is 5.56. The summed E-state index contributed by atoms with van der Waals surface area (Å²) in [5, 5.41) is 5.71. The predicted molar refractivity (Wildman–Crippen MR) is 42.7 cm³/mol. The van der Waals surface area contributed by atoms with Crippen LogP contribution in [0.15, 0.2) is 0 Å². The largest absolute Gasteiger partial charge is 1.00 e. The Morgan fingerprint density at radius 3 is 1.43 bits per heavy atom. The van der Waals surface area contributed by atoms with Crippen molar-refractivity contribution < 1.29 is 63.4 Å². The fourth-order valence-electron chi connectivity index (χ4n) is 0.655. The Morgan fingerprint density at radius 1 is 1.07 bits per heavy atom. The van der Waals surface area contributed by atoms with Gasteiger partial charge in [-0.15, -0.1) is 0 Å². The van der Waals surface area contributed by atoms with Crippen molar-refractivity contribution in [2.45, 2.75) is 11.5 Å². The zero-order chi connectivity index (χ0) is 10.9. The van der Waals surface area contributed by atoms with Gasteiger partial charge in [0.1, 0.15) is 0 Å². The van der Waals surface area contributed by atoms with Crippen LogP contribution >= 0.6 is 15.2 Å². The van der Waals surface area contributed by atoms with Crippen LogP contribution in [0, 0.1) is 0 Å². The van der Waals surface area contributed by atoms with E-state index in [2.05, 4.69) is 0 Å². The smallest absolute Gasteiger partial charge is 0.367 e. The summed E-state index contributed by atoms with van der Waals surface area (Å²) >= 11 is 0. The van der Waals surface area contributed by atoms with Gasteiger partial charge in [-0.1, -0.05) is 0 Å². The molecule has 0 aromatic rings. The van der Waals surface area contributed by atoms with Gasteiger partial charge in [-0.3, -0.25) is 9.13 Å². The van der Waals surface area contributed by atoms with Crippen molar-refractivity contribution in [1.29, 1.82) is 0 Å². The Hall–Kier alpha value is 1.22. The summed E-state index contributed by atoms with van der Waals surface area (Å²) in [6.45, 7) is -0.452. The van der Waals surface area contributed by atoms with E-state index in [0.29, 0.717) is 0 Å². The van der Waals surface area contributed by atoms with E-state index >= 15 is 0 Å². The number of aliphatic hydroxyl groups is 1. The summed E-state index contributed by atoms with van der Waals surface area (Å²) in [4.78, 5) is 34.1. The van der Waals surface area contributed by atoms with Gasteiger partial charge < -0.3 is 30.4 Å². The van der Waals surface area contributed by atoms with Crippen molar-refractivity contribution in [3.8, 4) is 0 Å². The molecule has 0 amide bonds. The van der Waals surface area contributed by atoms with Gasteiger partial charge in [-0.05, 0) is 6.54 Å². The van der Waals surface area contributed by atoms with E-state index in [-0.39, 0.29) is 29.6 Å². The number of nitrogens with two attached hydrogens (primary N) is 1. The molecule has 0 aliphatic carbocycles. The summed E-state index contributed by atoms with van der Waals surface area (Å²) in [5.74, 6) is 0. The van der Waals surface area contributed by atoms with Gasteiger partial charge in [-0.25, -0.2) is 0 Å². The predicted octanol–water partition coefficient (Wildman–Crippen LogP) is -4.66. The molecule has 0 rings (SSSR count). The van der Waals surface area contributed by atoms with Crippen LogP contribution in [-0.4, -0.2) is 36.3 Å². The summed E-state index contributed by atoms with van der Waals surface area (Å²) in [5.41, 5.74) is 4.86. The van der Waals surface area contributed by atoms with Gasteiger partial charge in [0.25, 0.3) is 5.08 Å². The van der Waals surface area contributed by atoms with Crippen LogP contribution in [0.1, 0.15) is 6.42 Å². The normalized spacial score (nSPS) is 13.6. The molecule has 0 unspecified atom stereocenters. The molecule has 14 heavy (non-hydrogen) atoms. The van der Waals surface area contributed by atoms with Crippen molar-refractivity contribution in [3.05, 3.63) is 0 Å². The summed E-state index contributed by atoms with van der Waals surface area (Å²) in [6, 6.07) is 0. The van der Waals surface area contributed by atoms with E-state index in [9.17, 15) is 9.13 Å². The maximum absolute atomic E-state index is 10.6. The van der Waals surface area contributed by atoms with Crippen LogP contribution < -0.4 is 35.3 Å². The minimum absolute atomic E-state index is 0. The Labute approximate surface area is 102 Å². The Bertz CT molecular complexity index is 248. The van der Waals surface area contributed by atoms with E-state index < -0.39 is 33.2 Å². The maximum Gasteiger partial charge on any atom is 1.00 e. The molecule has 0 aliphatic rings. The molecule has 11 heteroatoms. The van der Waals surface area contributed by atoms with Crippen molar-refractivity contribution in [2.75, 3.05) is 6.54 Å². The van der Waals surface area contributed by atoms with Crippen LogP contribution in [0.3, 0.4) is 0 Å². The van der Waals surface area contributed by atoms with Gasteiger partial charge in [0.15, 0.2) is 0 Å². The zero-order valence-electron chi connectivity index (χ0n) is 7.44. The molecule has 7 N–H and O–H groups in total. The van der Waals surface area contributed by atoms with Crippen LogP contribution in [0.25, 0.3) is 0 Å². The fourth-order valence-corrected chi connectivity index (χ4v) is 2.85. The van der Waals surface area contributed by atoms with E-state index in [1.165, 1.54) is 0 Å². The van der Waals surface area contributed by atoms with Crippen molar-refractivity contribution in [3.63, 3.8) is 0 Å². The fraction of sp³-hybridized carbons (Fsp3) is 1.00. The zero-order valence-corrected chi connectivity index (χ0v) is 11.2. The molecule has 0 fully saturated rings. The molecular weight excluding hydrogens is 247 g/mol. The topological polar surface area (TPSA) is 161 Å². The SMILES string of the molecule is NCCC(O)(P(=O)(O)O)P(=O)(O)O.[Na+]. The quantitative estimate of drug-likeness (QED) is 0.216. The molecule has 0 spiro atoms. The first kappa shape index (κ1) is 17.6. The third-order valence-electron chi connectivity index (χ3n) is 1.41. The standard InChI is InChI=1S/C3H11NO7P2.Na/c4-2-1-3(5,12(6,7)8)13(9,10)11;/h5H,1-2,4H2,(H2,6,7,8)(H2,9,10,11);/q;+1. The van der Waals surface area contributed by atoms with E-state index in [4.69, 9.17) is 30.4 Å². The first-order valence-electron chi connectivity index (χ1n) is 3.10. The molecule has 0 aliphatic heterocycles. The third kappa shape index (κ3) is 3.66. The van der Waals surface area contributed by atoms with Crippen molar-refractivity contribution in [2.24, 2.45) is 5.73 Å². The number of rotatable bonds is 4. The van der Waals surface area contributed by atoms with E-state index in [1.54, 1.807) is 0 Å². The Balaban J connectivity index is 0. The van der Waals surface area contributed by atoms with Gasteiger partial charge >= 0.3 is 44.7 Å². The van der Waals surface area contributed by atoms with Gasteiger partial charge in [0.05, 0.1) is 0 Å². The van der Waals surface area contributed by atoms with E-state index in [1.807, 2.05) is 0 Å². The second kappa shape index (κ2) is 5.52. The van der Waals surface area contributed by atoms with Crippen LogP contribution in [-0.2, 0) is 9.13 Å². The summed E-state index contributed by atoms with van der Waals surface area (Å²) in [6.07, 6.45) is -0.873. The molecule has 0 bridgehead atoms. The van der Waals surface area contributed by atoms with E-state index in [0.717, 1.165) is 0 Å². The molecule has 0 saturated heterocycles. The van der Waals surface area contributed by atoms with Crippen LogP contribution in [0.4, 0.5) is 0 Å². The monoisotopic (exact) mass is 258 g/mol.